The van der Waals surface area contributed by atoms with Crippen LogP contribution in [0.4, 0.5) is 5.82 Å². The minimum absolute atomic E-state index is 0.163. The fourth-order valence-corrected chi connectivity index (χ4v) is 2.66. The molecule has 3 aromatic rings. The third-order valence-corrected chi connectivity index (χ3v) is 4.56. The van der Waals surface area contributed by atoms with Crippen LogP contribution in [0.5, 0.6) is 0 Å². The van der Waals surface area contributed by atoms with Crippen LogP contribution >= 0.6 is 11.6 Å². The van der Waals surface area contributed by atoms with E-state index in [9.17, 15) is 4.79 Å². The standard InChI is InChI=1S/C18H20ClN5O/c1-12(2)13(3)24-17(7-9-21-24)22-18(25)15-11-14(5-6-16(15)19)23-10-4-8-20-23/h4-13H,1-3H3,(H,22,25)/t13-/m1/s1. The van der Waals surface area contributed by atoms with Gasteiger partial charge in [0.2, 0.25) is 0 Å². The lowest BCUT2D eigenvalue weighted by Gasteiger charge is -2.19. The Morgan fingerprint density at radius 1 is 1.16 bits per heavy atom. The van der Waals surface area contributed by atoms with Crippen molar-refractivity contribution in [2.24, 2.45) is 5.92 Å². The Bertz CT molecular complexity index is 869. The van der Waals surface area contributed by atoms with E-state index in [-0.39, 0.29) is 11.9 Å². The number of carbonyl (C=O) groups is 1. The van der Waals surface area contributed by atoms with Gasteiger partial charge < -0.3 is 5.32 Å². The number of nitrogens with one attached hydrogen (secondary N) is 1. The zero-order chi connectivity index (χ0) is 18.0. The van der Waals surface area contributed by atoms with Gasteiger partial charge in [-0.2, -0.15) is 10.2 Å². The molecule has 0 spiro atoms. The summed E-state index contributed by atoms with van der Waals surface area (Å²) in [5.41, 5.74) is 1.16. The highest BCUT2D eigenvalue weighted by Crippen LogP contribution is 2.24. The van der Waals surface area contributed by atoms with E-state index in [1.165, 1.54) is 0 Å². The zero-order valence-corrected chi connectivity index (χ0v) is 15.1. The van der Waals surface area contributed by atoms with Crippen molar-refractivity contribution in [1.29, 1.82) is 0 Å². The first-order valence-electron chi connectivity index (χ1n) is 8.12. The van der Waals surface area contributed by atoms with Crippen molar-refractivity contribution in [2.45, 2.75) is 26.8 Å². The highest BCUT2D eigenvalue weighted by Gasteiger charge is 2.18. The fraction of sp³-hybridized carbons (Fsp3) is 0.278. The van der Waals surface area contributed by atoms with Gasteiger partial charge in [0.05, 0.1) is 28.5 Å². The lowest BCUT2D eigenvalue weighted by Crippen LogP contribution is -2.20. The third kappa shape index (κ3) is 3.58. The molecule has 0 fully saturated rings. The Balaban J connectivity index is 1.87. The van der Waals surface area contributed by atoms with Gasteiger partial charge in [0.1, 0.15) is 5.82 Å². The summed E-state index contributed by atoms with van der Waals surface area (Å²) in [5.74, 6) is 0.755. The maximum atomic E-state index is 12.7. The quantitative estimate of drug-likeness (QED) is 0.744. The van der Waals surface area contributed by atoms with Gasteiger partial charge in [0.15, 0.2) is 0 Å². The van der Waals surface area contributed by atoms with E-state index in [1.807, 2.05) is 23.0 Å². The van der Waals surface area contributed by atoms with Crippen LogP contribution in [0, 0.1) is 5.92 Å². The van der Waals surface area contributed by atoms with Crippen LogP contribution in [0.15, 0.2) is 48.9 Å². The molecule has 0 saturated heterocycles. The lowest BCUT2D eigenvalue weighted by atomic mass is 10.1. The molecule has 1 amide bonds. The highest BCUT2D eigenvalue weighted by atomic mass is 35.5. The molecule has 2 aromatic heterocycles. The van der Waals surface area contributed by atoms with E-state index in [0.717, 1.165) is 5.69 Å². The van der Waals surface area contributed by atoms with E-state index in [1.54, 1.807) is 35.3 Å². The molecule has 0 unspecified atom stereocenters. The van der Waals surface area contributed by atoms with Crippen molar-refractivity contribution >= 4 is 23.3 Å². The Hall–Kier alpha value is -2.60. The summed E-state index contributed by atoms with van der Waals surface area (Å²) in [5, 5.41) is 11.8. The van der Waals surface area contributed by atoms with Gasteiger partial charge in [0, 0.05) is 18.5 Å². The number of nitrogens with zero attached hydrogens (tertiary/aromatic N) is 4. The van der Waals surface area contributed by atoms with Crippen molar-refractivity contribution in [3.63, 3.8) is 0 Å². The van der Waals surface area contributed by atoms with Crippen molar-refractivity contribution in [3.05, 3.63) is 59.5 Å². The molecular weight excluding hydrogens is 338 g/mol. The molecule has 0 aliphatic rings. The number of benzene rings is 1. The summed E-state index contributed by atoms with van der Waals surface area (Å²) in [7, 11) is 0. The average molecular weight is 358 g/mol. The first kappa shape index (κ1) is 17.2. The van der Waals surface area contributed by atoms with Crippen LogP contribution < -0.4 is 5.32 Å². The van der Waals surface area contributed by atoms with Gasteiger partial charge in [-0.3, -0.25) is 4.79 Å². The van der Waals surface area contributed by atoms with E-state index >= 15 is 0 Å². The summed E-state index contributed by atoms with van der Waals surface area (Å²) in [6.07, 6.45) is 5.17. The molecular formula is C18H20ClN5O. The Morgan fingerprint density at radius 2 is 1.96 bits per heavy atom. The molecule has 7 heteroatoms. The van der Waals surface area contributed by atoms with Gasteiger partial charge in [-0.25, -0.2) is 9.36 Å². The molecule has 1 aromatic carbocycles. The number of hydrogen-bond acceptors (Lipinski definition) is 3. The number of halogens is 1. The van der Waals surface area contributed by atoms with E-state index in [0.29, 0.717) is 22.3 Å². The number of aromatic nitrogens is 4. The number of carbonyl (C=O) groups excluding carboxylic acids is 1. The van der Waals surface area contributed by atoms with Crippen LogP contribution in [0.3, 0.4) is 0 Å². The Kier molecular flexibility index (Phi) is 4.90. The normalized spacial score (nSPS) is 12.4. The van der Waals surface area contributed by atoms with Crippen LogP contribution in [0.1, 0.15) is 37.2 Å². The molecule has 6 nitrogen and oxygen atoms in total. The van der Waals surface area contributed by atoms with Gasteiger partial charge in [-0.1, -0.05) is 25.4 Å². The smallest absolute Gasteiger partial charge is 0.258 e. The van der Waals surface area contributed by atoms with Crippen LogP contribution in [0.25, 0.3) is 5.69 Å². The number of rotatable bonds is 5. The van der Waals surface area contributed by atoms with Gasteiger partial charge >= 0.3 is 0 Å². The average Bonchev–Trinajstić information content (AvgIpc) is 3.26. The maximum Gasteiger partial charge on any atom is 0.258 e. The summed E-state index contributed by atoms with van der Waals surface area (Å²) in [4.78, 5) is 12.7. The van der Waals surface area contributed by atoms with Gasteiger partial charge in [0.25, 0.3) is 5.91 Å². The molecule has 0 radical (unpaired) electrons. The monoisotopic (exact) mass is 357 g/mol. The minimum atomic E-state index is -0.281. The number of amides is 1. The maximum absolute atomic E-state index is 12.7. The van der Waals surface area contributed by atoms with E-state index in [4.69, 9.17) is 11.6 Å². The second kappa shape index (κ2) is 7.11. The molecule has 2 heterocycles. The van der Waals surface area contributed by atoms with Crippen LogP contribution in [-0.2, 0) is 0 Å². The second-order valence-corrected chi connectivity index (χ2v) is 6.62. The van der Waals surface area contributed by atoms with Gasteiger partial charge in [-0.05, 0) is 37.1 Å². The van der Waals surface area contributed by atoms with Crippen molar-refractivity contribution in [2.75, 3.05) is 5.32 Å². The highest BCUT2D eigenvalue weighted by molar-refractivity contribution is 6.34. The van der Waals surface area contributed by atoms with Crippen molar-refractivity contribution < 1.29 is 4.79 Å². The van der Waals surface area contributed by atoms with E-state index in [2.05, 4.69) is 36.3 Å². The molecule has 0 saturated carbocycles. The van der Waals surface area contributed by atoms with Crippen LogP contribution in [0.2, 0.25) is 5.02 Å². The lowest BCUT2D eigenvalue weighted by molar-refractivity contribution is 0.102. The van der Waals surface area contributed by atoms with Crippen molar-refractivity contribution in [3.8, 4) is 5.69 Å². The molecule has 25 heavy (non-hydrogen) atoms. The molecule has 0 bridgehead atoms. The Morgan fingerprint density at radius 3 is 2.64 bits per heavy atom. The van der Waals surface area contributed by atoms with Crippen LogP contribution in [-0.4, -0.2) is 25.5 Å². The first-order chi connectivity index (χ1) is 12.0. The molecule has 0 aliphatic heterocycles. The molecule has 1 atom stereocenters. The Labute approximate surface area is 151 Å². The molecule has 3 rings (SSSR count). The summed E-state index contributed by atoms with van der Waals surface area (Å²) < 4.78 is 3.49. The topological polar surface area (TPSA) is 64.7 Å². The zero-order valence-electron chi connectivity index (χ0n) is 14.3. The first-order valence-corrected chi connectivity index (χ1v) is 8.49. The number of hydrogen-bond donors (Lipinski definition) is 1. The predicted octanol–water partition coefficient (Wildman–Crippen LogP) is 4.19. The molecule has 130 valence electrons. The third-order valence-electron chi connectivity index (χ3n) is 4.23. The van der Waals surface area contributed by atoms with Crippen molar-refractivity contribution in [1.82, 2.24) is 19.6 Å². The largest absolute Gasteiger partial charge is 0.307 e. The second-order valence-electron chi connectivity index (χ2n) is 6.21. The SMILES string of the molecule is CC(C)[C@@H](C)n1nccc1NC(=O)c1cc(-n2cccn2)ccc1Cl. The van der Waals surface area contributed by atoms with E-state index < -0.39 is 0 Å². The number of anilines is 1. The summed E-state index contributed by atoms with van der Waals surface area (Å²) in [6, 6.07) is 8.99. The summed E-state index contributed by atoms with van der Waals surface area (Å²) in [6.45, 7) is 6.30. The predicted molar refractivity (Wildman–Crippen MR) is 98.3 cm³/mol. The fourth-order valence-electron chi connectivity index (χ4n) is 2.46. The van der Waals surface area contributed by atoms with Gasteiger partial charge in [-0.15, -0.1) is 0 Å². The molecule has 1 N–H and O–H groups in total. The summed E-state index contributed by atoms with van der Waals surface area (Å²) >= 11 is 6.23. The molecule has 0 aliphatic carbocycles. The minimum Gasteiger partial charge on any atom is -0.307 e.